The molecular formula is C21H37N3O3. The number of carbonyl (C=O) groups excluding carboxylic acids is 1. The first-order valence-corrected chi connectivity index (χ1v) is 10.9. The number of guanidine groups is 1. The molecule has 2 atom stereocenters. The van der Waals surface area contributed by atoms with E-state index in [1.54, 1.807) is 0 Å². The lowest BCUT2D eigenvalue weighted by Gasteiger charge is -2.54. The molecule has 3 saturated carbocycles. The summed E-state index contributed by atoms with van der Waals surface area (Å²) in [5.41, 5.74) is 0.301. The van der Waals surface area contributed by atoms with Crippen molar-refractivity contribution in [1.82, 2.24) is 10.6 Å². The second kappa shape index (κ2) is 9.26. The Hall–Kier alpha value is -1.30. The van der Waals surface area contributed by atoms with Gasteiger partial charge in [-0.05, 0) is 58.8 Å². The number of rotatable bonds is 6. The van der Waals surface area contributed by atoms with Gasteiger partial charge in [0.05, 0.1) is 18.6 Å². The molecule has 0 aliphatic heterocycles. The maximum atomic E-state index is 11.9. The molecule has 27 heavy (non-hydrogen) atoms. The third kappa shape index (κ3) is 4.41. The van der Waals surface area contributed by atoms with E-state index in [0.717, 1.165) is 44.7 Å². The third-order valence-corrected chi connectivity index (χ3v) is 6.91. The molecule has 0 saturated heterocycles. The van der Waals surface area contributed by atoms with Gasteiger partial charge in [-0.1, -0.05) is 12.8 Å². The SMILES string of the molecule is CCOC(=O)C1CCC(NC(=NC)NC2CC(OCC)C23CCCC3)CC1. The lowest BCUT2D eigenvalue weighted by molar-refractivity contribution is -0.149. The number of hydrogen-bond donors (Lipinski definition) is 2. The summed E-state index contributed by atoms with van der Waals surface area (Å²) in [6.07, 6.45) is 10.4. The van der Waals surface area contributed by atoms with Crippen LogP contribution in [0.2, 0.25) is 0 Å². The number of nitrogens with zero attached hydrogens (tertiary/aromatic N) is 1. The molecule has 3 aliphatic carbocycles. The van der Waals surface area contributed by atoms with Gasteiger partial charge < -0.3 is 20.1 Å². The molecular weight excluding hydrogens is 342 g/mol. The Morgan fingerprint density at radius 2 is 1.78 bits per heavy atom. The monoisotopic (exact) mass is 379 g/mol. The molecule has 0 heterocycles. The summed E-state index contributed by atoms with van der Waals surface area (Å²) >= 11 is 0. The fourth-order valence-electron chi connectivity index (χ4n) is 5.35. The number of carbonyl (C=O) groups is 1. The fourth-order valence-corrected chi connectivity index (χ4v) is 5.35. The Bertz CT molecular complexity index is 523. The van der Waals surface area contributed by atoms with Gasteiger partial charge in [0.15, 0.2) is 5.96 Å². The van der Waals surface area contributed by atoms with Crippen LogP contribution in [0, 0.1) is 11.3 Å². The van der Waals surface area contributed by atoms with Crippen LogP contribution in [-0.2, 0) is 14.3 Å². The van der Waals surface area contributed by atoms with E-state index in [2.05, 4.69) is 22.5 Å². The van der Waals surface area contributed by atoms with Gasteiger partial charge in [0, 0.05) is 31.2 Å². The average molecular weight is 380 g/mol. The highest BCUT2D eigenvalue weighted by Gasteiger charge is 2.57. The Labute approximate surface area is 163 Å². The van der Waals surface area contributed by atoms with E-state index >= 15 is 0 Å². The van der Waals surface area contributed by atoms with E-state index in [9.17, 15) is 4.79 Å². The smallest absolute Gasteiger partial charge is 0.308 e. The first-order chi connectivity index (χ1) is 13.1. The van der Waals surface area contributed by atoms with Crippen molar-refractivity contribution in [2.45, 2.75) is 89.8 Å². The Morgan fingerprint density at radius 1 is 1.07 bits per heavy atom. The number of esters is 1. The second-order valence-electron chi connectivity index (χ2n) is 8.33. The Morgan fingerprint density at radius 3 is 2.37 bits per heavy atom. The standard InChI is InChI=1S/C21H37N3O3/c1-4-26-18-14-17(21(18)12-6-7-13-21)24-20(22-3)23-16-10-8-15(9-11-16)19(25)27-5-2/h15-18H,4-14H2,1-3H3,(H2,22,23,24). The van der Waals surface area contributed by atoms with E-state index in [0.29, 0.717) is 30.2 Å². The molecule has 3 fully saturated rings. The van der Waals surface area contributed by atoms with E-state index in [4.69, 9.17) is 9.47 Å². The molecule has 2 unspecified atom stereocenters. The maximum absolute atomic E-state index is 11.9. The van der Waals surface area contributed by atoms with E-state index in [1.165, 1.54) is 25.7 Å². The predicted octanol–water partition coefficient (Wildman–Crippen LogP) is 3.01. The summed E-state index contributed by atoms with van der Waals surface area (Å²) in [6.45, 7) is 5.24. The molecule has 3 rings (SSSR count). The number of aliphatic imine (C=N–C) groups is 1. The topological polar surface area (TPSA) is 72.0 Å². The van der Waals surface area contributed by atoms with Gasteiger partial charge in [0.2, 0.25) is 0 Å². The van der Waals surface area contributed by atoms with Crippen molar-refractivity contribution in [3.8, 4) is 0 Å². The van der Waals surface area contributed by atoms with Crippen LogP contribution in [0.4, 0.5) is 0 Å². The molecule has 0 bridgehead atoms. The molecule has 2 N–H and O–H groups in total. The van der Waals surface area contributed by atoms with Gasteiger partial charge in [0.25, 0.3) is 0 Å². The van der Waals surface area contributed by atoms with Crippen LogP contribution in [0.5, 0.6) is 0 Å². The molecule has 6 nitrogen and oxygen atoms in total. The number of nitrogens with one attached hydrogen (secondary N) is 2. The Balaban J connectivity index is 1.48. The summed E-state index contributed by atoms with van der Waals surface area (Å²) in [6, 6.07) is 0.836. The van der Waals surface area contributed by atoms with Crippen LogP contribution in [-0.4, -0.2) is 50.4 Å². The maximum Gasteiger partial charge on any atom is 0.308 e. The third-order valence-electron chi connectivity index (χ3n) is 6.91. The minimum Gasteiger partial charge on any atom is -0.466 e. The van der Waals surface area contributed by atoms with Crippen molar-refractivity contribution in [1.29, 1.82) is 0 Å². The molecule has 0 radical (unpaired) electrons. The largest absolute Gasteiger partial charge is 0.466 e. The molecule has 0 aromatic carbocycles. The zero-order chi connectivity index (χ0) is 19.3. The highest BCUT2D eigenvalue weighted by atomic mass is 16.5. The highest BCUT2D eigenvalue weighted by Crippen LogP contribution is 2.54. The lowest BCUT2D eigenvalue weighted by atomic mass is 9.60. The van der Waals surface area contributed by atoms with E-state index < -0.39 is 0 Å². The van der Waals surface area contributed by atoms with Crippen LogP contribution < -0.4 is 10.6 Å². The van der Waals surface area contributed by atoms with Gasteiger partial charge in [-0.25, -0.2) is 0 Å². The normalized spacial score (nSPS) is 32.8. The van der Waals surface area contributed by atoms with Crippen molar-refractivity contribution in [3.63, 3.8) is 0 Å². The molecule has 6 heteroatoms. The number of hydrogen-bond acceptors (Lipinski definition) is 4. The zero-order valence-electron chi connectivity index (χ0n) is 17.3. The van der Waals surface area contributed by atoms with Crippen LogP contribution in [0.1, 0.15) is 71.6 Å². The van der Waals surface area contributed by atoms with Gasteiger partial charge >= 0.3 is 5.97 Å². The van der Waals surface area contributed by atoms with Crippen LogP contribution in [0.25, 0.3) is 0 Å². The fraction of sp³-hybridized carbons (Fsp3) is 0.905. The van der Waals surface area contributed by atoms with E-state index in [-0.39, 0.29) is 11.9 Å². The lowest BCUT2D eigenvalue weighted by Crippen LogP contribution is -2.65. The second-order valence-corrected chi connectivity index (χ2v) is 8.33. The first-order valence-electron chi connectivity index (χ1n) is 10.9. The van der Waals surface area contributed by atoms with Crippen molar-refractivity contribution < 1.29 is 14.3 Å². The predicted molar refractivity (Wildman–Crippen MR) is 107 cm³/mol. The molecule has 0 amide bonds. The average Bonchev–Trinajstić information content (AvgIpc) is 3.20. The molecule has 1 spiro atoms. The van der Waals surface area contributed by atoms with Gasteiger partial charge in [-0.3, -0.25) is 9.79 Å². The van der Waals surface area contributed by atoms with Crippen molar-refractivity contribution in [3.05, 3.63) is 0 Å². The van der Waals surface area contributed by atoms with Gasteiger partial charge in [-0.15, -0.1) is 0 Å². The highest BCUT2D eigenvalue weighted by molar-refractivity contribution is 5.80. The summed E-state index contributed by atoms with van der Waals surface area (Å²) in [7, 11) is 1.85. The first kappa shape index (κ1) is 20.4. The molecule has 0 aromatic heterocycles. The summed E-state index contributed by atoms with van der Waals surface area (Å²) < 4.78 is 11.2. The van der Waals surface area contributed by atoms with Crippen LogP contribution in [0.3, 0.4) is 0 Å². The zero-order valence-corrected chi connectivity index (χ0v) is 17.3. The summed E-state index contributed by atoms with van der Waals surface area (Å²) in [4.78, 5) is 16.4. The van der Waals surface area contributed by atoms with Gasteiger partial charge in [-0.2, -0.15) is 0 Å². The minimum absolute atomic E-state index is 0.0296. The van der Waals surface area contributed by atoms with Gasteiger partial charge in [0.1, 0.15) is 0 Å². The summed E-state index contributed by atoms with van der Waals surface area (Å²) in [5, 5.41) is 7.29. The quantitative estimate of drug-likeness (QED) is 0.422. The van der Waals surface area contributed by atoms with Crippen molar-refractivity contribution >= 4 is 11.9 Å². The van der Waals surface area contributed by atoms with Crippen molar-refractivity contribution in [2.75, 3.05) is 20.3 Å². The van der Waals surface area contributed by atoms with Crippen LogP contribution in [0.15, 0.2) is 4.99 Å². The van der Waals surface area contributed by atoms with E-state index in [1.807, 2.05) is 14.0 Å². The summed E-state index contributed by atoms with van der Waals surface area (Å²) in [5.74, 6) is 0.942. The molecule has 154 valence electrons. The van der Waals surface area contributed by atoms with Crippen LogP contribution >= 0.6 is 0 Å². The number of ether oxygens (including phenoxy) is 2. The molecule has 0 aromatic rings. The minimum atomic E-state index is -0.0296. The molecule has 3 aliphatic rings. The Kier molecular flexibility index (Phi) is 7.01. The van der Waals surface area contributed by atoms with Crippen molar-refractivity contribution in [2.24, 2.45) is 16.3 Å².